The highest BCUT2D eigenvalue weighted by atomic mass is 16.5. The normalized spacial score (nSPS) is 16.3. The minimum Gasteiger partial charge on any atom is -0.480 e. The zero-order valence-electron chi connectivity index (χ0n) is 10.6. The van der Waals surface area contributed by atoms with E-state index in [0.717, 1.165) is 0 Å². The molecule has 0 saturated heterocycles. The van der Waals surface area contributed by atoms with Crippen LogP contribution in [0.5, 0.6) is 0 Å². The number of ether oxygens (including phenoxy) is 1. The minimum atomic E-state index is -0.993. The number of amides is 1. The number of aliphatic carboxylic acids is 1. The van der Waals surface area contributed by atoms with Gasteiger partial charge in [0.2, 0.25) is 0 Å². The summed E-state index contributed by atoms with van der Waals surface area (Å²) in [6.07, 6.45) is 0.879. The highest BCUT2D eigenvalue weighted by Gasteiger charge is 2.37. The quantitative estimate of drug-likeness (QED) is 0.744. The third-order valence-electron chi connectivity index (χ3n) is 3.04. The molecule has 1 N–H and O–H groups in total. The molecule has 2 atom stereocenters. The van der Waals surface area contributed by atoms with Crippen molar-refractivity contribution < 1.29 is 19.4 Å². The molecule has 0 fully saturated rings. The van der Waals surface area contributed by atoms with Gasteiger partial charge in [-0.1, -0.05) is 13.8 Å². The molecule has 0 aliphatic rings. The molecule has 0 saturated carbocycles. The smallest absolute Gasteiger partial charge is 0.326 e. The molecular weight excluding hydrogens is 210 g/mol. The van der Waals surface area contributed by atoms with Gasteiger partial charge in [-0.05, 0) is 19.8 Å². The van der Waals surface area contributed by atoms with E-state index in [4.69, 9.17) is 9.84 Å². The molecule has 0 aliphatic heterocycles. The molecule has 0 bridgehead atoms. The van der Waals surface area contributed by atoms with E-state index < -0.39 is 17.6 Å². The predicted molar refractivity (Wildman–Crippen MR) is 60.2 cm³/mol. The second kappa shape index (κ2) is 5.84. The fourth-order valence-electron chi connectivity index (χ4n) is 1.51. The third kappa shape index (κ3) is 2.95. The van der Waals surface area contributed by atoms with Crippen molar-refractivity contribution in [2.45, 2.75) is 45.3 Å². The molecule has 0 aromatic rings. The van der Waals surface area contributed by atoms with Crippen molar-refractivity contribution in [2.75, 3.05) is 14.2 Å². The Morgan fingerprint density at radius 2 is 1.94 bits per heavy atom. The Labute approximate surface area is 96.4 Å². The number of carbonyl (C=O) groups is 2. The second-order valence-corrected chi connectivity index (χ2v) is 3.97. The van der Waals surface area contributed by atoms with Gasteiger partial charge in [0.15, 0.2) is 0 Å². The highest BCUT2D eigenvalue weighted by Crippen LogP contribution is 2.19. The van der Waals surface area contributed by atoms with Gasteiger partial charge in [-0.25, -0.2) is 4.79 Å². The van der Waals surface area contributed by atoms with Gasteiger partial charge in [0.1, 0.15) is 11.6 Å². The monoisotopic (exact) mass is 231 g/mol. The Morgan fingerprint density at radius 1 is 1.44 bits per heavy atom. The van der Waals surface area contributed by atoms with Gasteiger partial charge in [-0.3, -0.25) is 4.79 Å². The van der Waals surface area contributed by atoms with Crippen LogP contribution in [-0.2, 0) is 14.3 Å². The maximum Gasteiger partial charge on any atom is 0.326 e. The van der Waals surface area contributed by atoms with E-state index in [1.807, 2.05) is 6.92 Å². The molecular formula is C11H21NO4. The van der Waals surface area contributed by atoms with Crippen LogP contribution in [0.15, 0.2) is 0 Å². The summed E-state index contributed by atoms with van der Waals surface area (Å²) in [6.45, 7) is 5.23. The summed E-state index contributed by atoms with van der Waals surface area (Å²) in [4.78, 5) is 24.3. The lowest BCUT2D eigenvalue weighted by Gasteiger charge is -2.33. The van der Waals surface area contributed by atoms with E-state index in [1.165, 1.54) is 19.1 Å². The predicted octanol–water partition coefficient (Wildman–Crippen LogP) is 1.12. The fraction of sp³-hybridized carbons (Fsp3) is 0.818. The van der Waals surface area contributed by atoms with E-state index >= 15 is 0 Å². The molecule has 2 unspecified atom stereocenters. The van der Waals surface area contributed by atoms with Crippen molar-refractivity contribution in [3.05, 3.63) is 0 Å². The van der Waals surface area contributed by atoms with Gasteiger partial charge in [-0.15, -0.1) is 0 Å². The number of methoxy groups -OCH3 is 1. The van der Waals surface area contributed by atoms with Crippen LogP contribution in [0.4, 0.5) is 0 Å². The van der Waals surface area contributed by atoms with E-state index in [-0.39, 0.29) is 5.91 Å². The maximum absolute atomic E-state index is 12.1. The molecule has 0 rings (SSSR count). The summed E-state index contributed by atoms with van der Waals surface area (Å²) in [5.41, 5.74) is -0.947. The fourth-order valence-corrected chi connectivity index (χ4v) is 1.51. The third-order valence-corrected chi connectivity index (χ3v) is 3.04. The van der Waals surface area contributed by atoms with Gasteiger partial charge in [0.05, 0.1) is 0 Å². The first kappa shape index (κ1) is 14.9. The molecule has 0 spiro atoms. The van der Waals surface area contributed by atoms with Crippen molar-refractivity contribution in [3.63, 3.8) is 0 Å². The summed E-state index contributed by atoms with van der Waals surface area (Å²) >= 11 is 0. The van der Waals surface area contributed by atoms with Gasteiger partial charge in [0, 0.05) is 14.2 Å². The number of nitrogens with zero attached hydrogens (tertiary/aromatic N) is 1. The number of carboxylic acids is 1. The van der Waals surface area contributed by atoms with Gasteiger partial charge >= 0.3 is 5.97 Å². The summed E-state index contributed by atoms with van der Waals surface area (Å²) in [5, 5.41) is 8.97. The average molecular weight is 231 g/mol. The molecule has 5 nitrogen and oxygen atoms in total. The zero-order valence-corrected chi connectivity index (χ0v) is 10.6. The summed E-state index contributed by atoms with van der Waals surface area (Å²) in [7, 11) is 2.95. The molecule has 16 heavy (non-hydrogen) atoms. The Morgan fingerprint density at radius 3 is 2.19 bits per heavy atom. The molecule has 0 aromatic heterocycles. The van der Waals surface area contributed by atoms with E-state index in [0.29, 0.717) is 12.8 Å². The SMILES string of the molecule is CCC(C(=O)O)N(C)C(=O)C(C)(CC)OC. The highest BCUT2D eigenvalue weighted by molar-refractivity contribution is 5.88. The number of likely N-dealkylation sites (N-methyl/N-ethyl adjacent to an activating group) is 1. The first-order valence-electron chi connectivity index (χ1n) is 5.39. The Kier molecular flexibility index (Phi) is 5.44. The molecule has 0 radical (unpaired) electrons. The number of hydrogen-bond donors (Lipinski definition) is 1. The van der Waals surface area contributed by atoms with Crippen molar-refractivity contribution >= 4 is 11.9 Å². The minimum absolute atomic E-state index is 0.299. The van der Waals surface area contributed by atoms with E-state index in [9.17, 15) is 9.59 Å². The van der Waals surface area contributed by atoms with Gasteiger partial charge < -0.3 is 14.7 Å². The first-order chi connectivity index (χ1) is 7.33. The zero-order chi connectivity index (χ0) is 12.9. The van der Waals surface area contributed by atoms with Crippen LogP contribution >= 0.6 is 0 Å². The van der Waals surface area contributed by atoms with Crippen molar-refractivity contribution in [1.29, 1.82) is 0 Å². The summed E-state index contributed by atoms with van der Waals surface area (Å²) < 4.78 is 5.16. The second-order valence-electron chi connectivity index (χ2n) is 3.97. The van der Waals surface area contributed by atoms with Crippen LogP contribution in [0.2, 0.25) is 0 Å². The van der Waals surface area contributed by atoms with Crippen LogP contribution < -0.4 is 0 Å². The van der Waals surface area contributed by atoms with Crippen LogP contribution in [0.1, 0.15) is 33.6 Å². The number of carboxylic acid groups (broad SMARTS) is 1. The largest absolute Gasteiger partial charge is 0.480 e. The summed E-state index contributed by atoms with van der Waals surface area (Å²) in [6, 6.07) is -0.798. The molecule has 94 valence electrons. The molecule has 0 heterocycles. The van der Waals surface area contributed by atoms with Crippen LogP contribution in [0, 0.1) is 0 Å². The lowest BCUT2D eigenvalue weighted by atomic mass is 10.00. The van der Waals surface area contributed by atoms with Crippen molar-refractivity contribution in [2.24, 2.45) is 0 Å². The molecule has 0 aromatic carbocycles. The Balaban J connectivity index is 4.90. The van der Waals surface area contributed by atoms with Crippen molar-refractivity contribution in [3.8, 4) is 0 Å². The topological polar surface area (TPSA) is 66.8 Å². The number of hydrogen-bond acceptors (Lipinski definition) is 3. The molecule has 5 heteroatoms. The van der Waals surface area contributed by atoms with Gasteiger partial charge in [-0.2, -0.15) is 0 Å². The Hall–Kier alpha value is -1.10. The number of rotatable bonds is 6. The van der Waals surface area contributed by atoms with Crippen LogP contribution in [-0.4, -0.2) is 47.7 Å². The van der Waals surface area contributed by atoms with Crippen LogP contribution in [0.25, 0.3) is 0 Å². The van der Waals surface area contributed by atoms with Crippen LogP contribution in [0.3, 0.4) is 0 Å². The lowest BCUT2D eigenvalue weighted by Crippen LogP contribution is -2.52. The molecule has 1 amide bonds. The lowest BCUT2D eigenvalue weighted by molar-refractivity contribution is -0.161. The standard InChI is InChI=1S/C11H21NO4/c1-6-8(9(13)14)12(4)10(15)11(3,7-2)16-5/h8H,6-7H2,1-5H3,(H,13,14). The van der Waals surface area contributed by atoms with Crippen molar-refractivity contribution in [1.82, 2.24) is 4.90 Å². The molecule has 0 aliphatic carbocycles. The Bertz CT molecular complexity index is 261. The maximum atomic E-state index is 12.1. The average Bonchev–Trinajstić information content (AvgIpc) is 2.27. The summed E-state index contributed by atoms with van der Waals surface area (Å²) in [5.74, 6) is -1.29. The van der Waals surface area contributed by atoms with E-state index in [1.54, 1.807) is 13.8 Å². The number of carbonyl (C=O) groups excluding carboxylic acids is 1. The van der Waals surface area contributed by atoms with E-state index in [2.05, 4.69) is 0 Å². The van der Waals surface area contributed by atoms with Gasteiger partial charge in [0.25, 0.3) is 5.91 Å². The first-order valence-corrected chi connectivity index (χ1v) is 5.39.